The fourth-order valence-electron chi connectivity index (χ4n) is 3.44. The summed E-state index contributed by atoms with van der Waals surface area (Å²) in [5.74, 6) is 0.757. The molecule has 7 nitrogen and oxygen atoms in total. The highest BCUT2D eigenvalue weighted by molar-refractivity contribution is 7.99. The highest BCUT2D eigenvalue weighted by Crippen LogP contribution is 2.19. The number of hydrogen-bond acceptors (Lipinski definition) is 5. The molecular formula is C21H29N5O2S. The first-order valence-corrected chi connectivity index (χ1v) is 11.1. The van der Waals surface area contributed by atoms with Crippen molar-refractivity contribution in [1.29, 1.82) is 0 Å². The van der Waals surface area contributed by atoms with Crippen LogP contribution in [0.15, 0.2) is 23.4 Å². The van der Waals surface area contributed by atoms with Crippen molar-refractivity contribution in [2.75, 3.05) is 11.1 Å². The van der Waals surface area contributed by atoms with E-state index in [1.807, 2.05) is 39.1 Å². The number of aromatic nitrogens is 3. The molecule has 1 saturated carbocycles. The number of nitrogens with zero attached hydrogens (tertiary/aromatic N) is 3. The van der Waals surface area contributed by atoms with Gasteiger partial charge in [0.05, 0.1) is 12.2 Å². The van der Waals surface area contributed by atoms with Crippen LogP contribution in [-0.4, -0.2) is 38.4 Å². The van der Waals surface area contributed by atoms with Gasteiger partial charge >= 0.3 is 0 Å². The summed E-state index contributed by atoms with van der Waals surface area (Å²) in [7, 11) is 1.82. The van der Waals surface area contributed by atoms with E-state index in [9.17, 15) is 9.59 Å². The molecule has 1 aromatic heterocycles. The van der Waals surface area contributed by atoms with Crippen LogP contribution in [0.2, 0.25) is 0 Å². The predicted molar refractivity (Wildman–Crippen MR) is 115 cm³/mol. The molecule has 1 aliphatic rings. The predicted octanol–water partition coefficient (Wildman–Crippen LogP) is 3.15. The van der Waals surface area contributed by atoms with Gasteiger partial charge in [-0.15, -0.1) is 10.2 Å². The van der Waals surface area contributed by atoms with E-state index in [1.54, 1.807) is 4.57 Å². The van der Waals surface area contributed by atoms with Crippen molar-refractivity contribution < 1.29 is 9.59 Å². The number of amides is 2. The van der Waals surface area contributed by atoms with Crippen LogP contribution in [0.25, 0.3) is 0 Å². The van der Waals surface area contributed by atoms with Crippen molar-refractivity contribution in [3.8, 4) is 0 Å². The summed E-state index contributed by atoms with van der Waals surface area (Å²) < 4.78 is 1.78. The van der Waals surface area contributed by atoms with Crippen molar-refractivity contribution in [1.82, 2.24) is 20.1 Å². The Hall–Kier alpha value is -2.35. The van der Waals surface area contributed by atoms with Crippen molar-refractivity contribution >= 4 is 29.3 Å². The molecule has 0 unspecified atom stereocenters. The summed E-state index contributed by atoms with van der Waals surface area (Å²) in [5.41, 5.74) is 3.09. The van der Waals surface area contributed by atoms with E-state index in [4.69, 9.17) is 0 Å². The van der Waals surface area contributed by atoms with E-state index in [1.165, 1.54) is 36.6 Å². The van der Waals surface area contributed by atoms with Gasteiger partial charge in [-0.05, 0) is 49.9 Å². The van der Waals surface area contributed by atoms with Crippen LogP contribution in [-0.2, 0) is 23.1 Å². The summed E-state index contributed by atoms with van der Waals surface area (Å²) in [6.45, 7) is 4.05. The molecule has 2 aromatic rings. The molecule has 0 aliphatic heterocycles. The molecule has 1 fully saturated rings. The summed E-state index contributed by atoms with van der Waals surface area (Å²) in [6, 6.07) is 6.14. The number of aryl methyl sites for hydroxylation is 2. The molecule has 1 heterocycles. The minimum absolute atomic E-state index is 0.0268. The lowest BCUT2D eigenvalue weighted by molar-refractivity contribution is -0.119. The molecule has 8 heteroatoms. The number of thioether (sulfide) groups is 1. The topological polar surface area (TPSA) is 88.9 Å². The molecule has 0 bridgehead atoms. The lowest BCUT2D eigenvalue weighted by Crippen LogP contribution is -2.37. The number of carbonyl (C=O) groups is 2. The van der Waals surface area contributed by atoms with E-state index >= 15 is 0 Å². The molecule has 3 rings (SSSR count). The third-order valence-corrected chi connectivity index (χ3v) is 6.36. The van der Waals surface area contributed by atoms with E-state index in [2.05, 4.69) is 20.8 Å². The van der Waals surface area contributed by atoms with Gasteiger partial charge < -0.3 is 15.2 Å². The van der Waals surface area contributed by atoms with Crippen LogP contribution < -0.4 is 10.6 Å². The van der Waals surface area contributed by atoms with Crippen LogP contribution in [0.4, 0.5) is 5.69 Å². The fourth-order valence-corrected chi connectivity index (χ4v) is 4.18. The standard InChI is InChI=1S/C21H29N5O2S/c1-14-9-10-17(11-15(14)2)23-19(27)12-18-24-25-21(26(18)3)29-13-20(28)22-16-7-5-4-6-8-16/h9-11,16H,4-8,12-13H2,1-3H3,(H,22,28)(H,23,27). The summed E-state index contributed by atoms with van der Waals surface area (Å²) in [6.07, 6.45) is 5.91. The van der Waals surface area contributed by atoms with Crippen LogP contribution in [0.5, 0.6) is 0 Å². The number of benzene rings is 1. The van der Waals surface area contributed by atoms with E-state index < -0.39 is 0 Å². The first-order valence-electron chi connectivity index (χ1n) is 10.1. The monoisotopic (exact) mass is 415 g/mol. The second kappa shape index (κ2) is 9.91. The van der Waals surface area contributed by atoms with E-state index in [0.29, 0.717) is 22.8 Å². The van der Waals surface area contributed by atoms with Gasteiger partial charge in [0.25, 0.3) is 0 Å². The molecule has 0 atom stereocenters. The second-order valence-electron chi connectivity index (χ2n) is 7.67. The van der Waals surface area contributed by atoms with Crippen molar-refractivity contribution in [2.24, 2.45) is 7.05 Å². The average Bonchev–Trinajstić information content (AvgIpc) is 3.03. The van der Waals surface area contributed by atoms with E-state index in [-0.39, 0.29) is 18.2 Å². The number of hydrogen-bond donors (Lipinski definition) is 2. The Labute approximate surface area is 176 Å². The highest BCUT2D eigenvalue weighted by Gasteiger charge is 2.18. The molecule has 156 valence electrons. The normalized spacial score (nSPS) is 14.6. The number of nitrogens with one attached hydrogen (secondary N) is 2. The summed E-state index contributed by atoms with van der Waals surface area (Å²) in [4.78, 5) is 24.5. The maximum absolute atomic E-state index is 12.4. The van der Waals surface area contributed by atoms with Crippen molar-refractivity contribution in [3.63, 3.8) is 0 Å². The van der Waals surface area contributed by atoms with E-state index in [0.717, 1.165) is 24.1 Å². The third kappa shape index (κ3) is 6.06. The van der Waals surface area contributed by atoms with Gasteiger partial charge in [0.15, 0.2) is 5.16 Å². The van der Waals surface area contributed by atoms with Gasteiger partial charge in [-0.2, -0.15) is 0 Å². The Morgan fingerprint density at radius 3 is 2.59 bits per heavy atom. The molecule has 0 spiro atoms. The first-order chi connectivity index (χ1) is 13.9. The summed E-state index contributed by atoms with van der Waals surface area (Å²) >= 11 is 1.34. The van der Waals surface area contributed by atoms with Gasteiger partial charge in [0.2, 0.25) is 11.8 Å². The third-order valence-electron chi connectivity index (χ3n) is 5.34. The van der Waals surface area contributed by atoms with Crippen LogP contribution >= 0.6 is 11.8 Å². The smallest absolute Gasteiger partial charge is 0.232 e. The number of anilines is 1. The molecule has 2 amide bonds. The Kier molecular flexibility index (Phi) is 7.30. The van der Waals surface area contributed by atoms with Gasteiger partial charge in [0, 0.05) is 18.8 Å². The number of rotatable bonds is 7. The van der Waals surface area contributed by atoms with Gasteiger partial charge in [-0.1, -0.05) is 37.1 Å². The molecule has 1 aromatic carbocycles. The average molecular weight is 416 g/mol. The highest BCUT2D eigenvalue weighted by atomic mass is 32.2. The van der Waals surface area contributed by atoms with Gasteiger partial charge in [-0.25, -0.2) is 0 Å². The lowest BCUT2D eigenvalue weighted by Gasteiger charge is -2.22. The Bertz CT molecular complexity index is 874. The SMILES string of the molecule is Cc1ccc(NC(=O)Cc2nnc(SCC(=O)NC3CCCCC3)n2C)cc1C. The fraction of sp³-hybridized carbons (Fsp3) is 0.524. The number of carbonyl (C=O) groups excluding carboxylic acids is 2. The van der Waals surface area contributed by atoms with Gasteiger partial charge in [0.1, 0.15) is 5.82 Å². The maximum Gasteiger partial charge on any atom is 0.232 e. The Morgan fingerprint density at radius 1 is 1.10 bits per heavy atom. The van der Waals surface area contributed by atoms with Crippen molar-refractivity contribution in [3.05, 3.63) is 35.2 Å². The quantitative estimate of drug-likeness (QED) is 0.678. The second-order valence-corrected chi connectivity index (χ2v) is 8.62. The van der Waals surface area contributed by atoms with Crippen LogP contribution in [0.1, 0.15) is 49.1 Å². The molecule has 0 saturated heterocycles. The minimum atomic E-state index is -0.143. The molecule has 2 N–H and O–H groups in total. The maximum atomic E-state index is 12.4. The Balaban J connectivity index is 1.49. The molecule has 29 heavy (non-hydrogen) atoms. The van der Waals surface area contributed by atoms with Gasteiger partial charge in [-0.3, -0.25) is 9.59 Å². The zero-order valence-corrected chi connectivity index (χ0v) is 18.1. The molecular weight excluding hydrogens is 386 g/mol. The summed E-state index contributed by atoms with van der Waals surface area (Å²) in [5, 5.41) is 14.9. The Morgan fingerprint density at radius 2 is 1.86 bits per heavy atom. The largest absolute Gasteiger partial charge is 0.353 e. The minimum Gasteiger partial charge on any atom is -0.353 e. The molecule has 0 radical (unpaired) electrons. The lowest BCUT2D eigenvalue weighted by atomic mass is 9.95. The van der Waals surface area contributed by atoms with Crippen LogP contribution in [0.3, 0.4) is 0 Å². The molecule has 1 aliphatic carbocycles. The zero-order valence-electron chi connectivity index (χ0n) is 17.3. The van der Waals surface area contributed by atoms with Crippen molar-refractivity contribution in [2.45, 2.75) is 63.6 Å². The first kappa shape index (κ1) is 21.4. The van der Waals surface area contributed by atoms with Crippen LogP contribution in [0, 0.1) is 13.8 Å². The zero-order chi connectivity index (χ0) is 20.8.